The molecule has 0 amide bonds. The molecule has 0 aromatic heterocycles. The fourth-order valence-electron chi connectivity index (χ4n) is 2.76. The van der Waals surface area contributed by atoms with Gasteiger partial charge in [0.25, 0.3) is 0 Å². The average molecular weight is 240 g/mol. The molecule has 0 saturated carbocycles. The number of ketones is 1. The summed E-state index contributed by atoms with van der Waals surface area (Å²) in [7, 11) is 0. The van der Waals surface area contributed by atoms with Crippen molar-refractivity contribution in [1.82, 2.24) is 0 Å². The number of aliphatic hydroxyl groups is 2. The van der Waals surface area contributed by atoms with E-state index < -0.39 is 24.4 Å². The molecule has 3 rings (SSSR count). The topological polar surface area (TPSA) is 79.3 Å². The molecule has 5 atom stereocenters. The quantitative estimate of drug-likeness (QED) is 0.639. The summed E-state index contributed by atoms with van der Waals surface area (Å²) in [4.78, 5) is 11.9. The van der Waals surface area contributed by atoms with Gasteiger partial charge in [-0.1, -0.05) is 13.3 Å². The number of fused-ring (bicyclic) bond motifs is 1. The number of carbonyl (C=O) groups excluding carboxylic acids is 1. The van der Waals surface area contributed by atoms with Crippen molar-refractivity contribution in [1.29, 1.82) is 0 Å². The van der Waals surface area contributed by atoms with E-state index in [0.717, 1.165) is 6.42 Å². The minimum atomic E-state index is -0.886. The fraction of sp³-hybridized carbons (Fsp3) is 0.750. The number of Topliss-reactive ketones (excluding diaryl/α,β-unsaturated/α-hetero) is 1. The molecule has 0 unspecified atom stereocenters. The summed E-state index contributed by atoms with van der Waals surface area (Å²) in [5.74, 6) is -0.135. The Hall–Kier alpha value is -0.750. The van der Waals surface area contributed by atoms with Crippen LogP contribution in [0.2, 0.25) is 0 Å². The minimum Gasteiger partial charge on any atom is -0.386 e. The van der Waals surface area contributed by atoms with Gasteiger partial charge in [-0.2, -0.15) is 0 Å². The molecule has 1 fully saturated rings. The maximum Gasteiger partial charge on any atom is 0.192 e. The fourth-order valence-corrected chi connectivity index (χ4v) is 2.76. The lowest BCUT2D eigenvalue weighted by Crippen LogP contribution is -2.46. The molecule has 3 aliphatic rings. The largest absolute Gasteiger partial charge is 0.386 e. The number of epoxide rings is 1. The van der Waals surface area contributed by atoms with Crippen LogP contribution in [0.25, 0.3) is 0 Å². The molecule has 0 bridgehead atoms. The van der Waals surface area contributed by atoms with Crippen LogP contribution < -0.4 is 0 Å². The lowest BCUT2D eigenvalue weighted by Gasteiger charge is -2.35. The van der Waals surface area contributed by atoms with Crippen LogP contribution in [0.15, 0.2) is 11.1 Å². The maximum absolute atomic E-state index is 11.9. The van der Waals surface area contributed by atoms with Gasteiger partial charge in [0.05, 0.1) is 12.7 Å². The molecule has 0 aromatic rings. The summed E-state index contributed by atoms with van der Waals surface area (Å²) in [5, 5.41) is 20.2. The van der Waals surface area contributed by atoms with E-state index in [1.165, 1.54) is 0 Å². The Labute approximate surface area is 99.0 Å². The van der Waals surface area contributed by atoms with Crippen molar-refractivity contribution >= 4 is 5.78 Å². The third-order valence-electron chi connectivity index (χ3n) is 3.75. The first-order chi connectivity index (χ1) is 8.15. The third-order valence-corrected chi connectivity index (χ3v) is 3.75. The molecule has 1 aliphatic carbocycles. The van der Waals surface area contributed by atoms with E-state index in [-0.39, 0.29) is 18.5 Å². The first kappa shape index (κ1) is 11.3. The van der Waals surface area contributed by atoms with E-state index in [0.29, 0.717) is 17.6 Å². The standard InChI is InChI=1S/C12H16O5/c1-2-3-6-9(14)7-5(4-16-6)8(13)11-12(17-11)10(7)15/h6,9-12,14-15H,2-4H2,1H3/t6-,9-,10+,11+,12-/m0/s1. The Balaban J connectivity index is 1.92. The molecular formula is C12H16O5. The molecule has 5 heteroatoms. The minimum absolute atomic E-state index is 0.135. The van der Waals surface area contributed by atoms with Gasteiger partial charge in [0.15, 0.2) is 5.78 Å². The van der Waals surface area contributed by atoms with Crippen molar-refractivity contribution in [3.05, 3.63) is 11.1 Å². The second-order valence-corrected chi connectivity index (χ2v) is 4.85. The van der Waals surface area contributed by atoms with Crippen LogP contribution in [0, 0.1) is 0 Å². The third kappa shape index (κ3) is 1.57. The van der Waals surface area contributed by atoms with Crippen LogP contribution in [0.3, 0.4) is 0 Å². The molecule has 17 heavy (non-hydrogen) atoms. The summed E-state index contributed by atoms with van der Waals surface area (Å²) in [6, 6.07) is 0. The van der Waals surface area contributed by atoms with Gasteiger partial charge in [0, 0.05) is 11.1 Å². The number of hydrogen-bond acceptors (Lipinski definition) is 5. The lowest BCUT2D eigenvalue weighted by atomic mass is 9.82. The van der Waals surface area contributed by atoms with Gasteiger partial charge in [-0.05, 0) is 6.42 Å². The summed E-state index contributed by atoms with van der Waals surface area (Å²) >= 11 is 0. The van der Waals surface area contributed by atoms with E-state index in [2.05, 4.69) is 0 Å². The van der Waals surface area contributed by atoms with Gasteiger partial charge < -0.3 is 19.7 Å². The SMILES string of the molecule is CCC[C@@H]1OCC2=C([C@@H](O)[C@@H]3O[C@@H]3C2=O)[C@H]1O. The first-order valence-corrected chi connectivity index (χ1v) is 6.05. The monoisotopic (exact) mass is 240 g/mol. The normalized spacial score (nSPS) is 44.4. The molecule has 94 valence electrons. The van der Waals surface area contributed by atoms with E-state index >= 15 is 0 Å². The summed E-state index contributed by atoms with van der Waals surface area (Å²) in [6.45, 7) is 2.18. The highest BCUT2D eigenvalue weighted by atomic mass is 16.6. The van der Waals surface area contributed by atoms with E-state index in [4.69, 9.17) is 9.47 Å². The van der Waals surface area contributed by atoms with Crippen LogP contribution >= 0.6 is 0 Å². The van der Waals surface area contributed by atoms with E-state index in [1.807, 2.05) is 6.92 Å². The average Bonchev–Trinajstić information content (AvgIpc) is 3.09. The lowest BCUT2D eigenvalue weighted by molar-refractivity contribution is -0.120. The molecule has 2 heterocycles. The van der Waals surface area contributed by atoms with Gasteiger partial charge in [-0.15, -0.1) is 0 Å². The van der Waals surface area contributed by atoms with Crippen LogP contribution in [0.4, 0.5) is 0 Å². The van der Waals surface area contributed by atoms with Crippen molar-refractivity contribution < 1.29 is 24.5 Å². The molecule has 2 aliphatic heterocycles. The van der Waals surface area contributed by atoms with Gasteiger partial charge in [0.2, 0.25) is 0 Å². The molecule has 5 nitrogen and oxygen atoms in total. The van der Waals surface area contributed by atoms with Crippen LogP contribution in [-0.4, -0.2) is 53.1 Å². The van der Waals surface area contributed by atoms with Crippen molar-refractivity contribution in [2.75, 3.05) is 6.61 Å². The van der Waals surface area contributed by atoms with Crippen LogP contribution in [0.5, 0.6) is 0 Å². The summed E-state index contributed by atoms with van der Waals surface area (Å²) in [6.07, 6.45) is -1.42. The number of hydrogen-bond donors (Lipinski definition) is 2. The Kier molecular flexibility index (Phi) is 2.59. The number of carbonyl (C=O) groups is 1. The molecule has 0 radical (unpaired) electrons. The van der Waals surface area contributed by atoms with E-state index in [1.54, 1.807) is 0 Å². The van der Waals surface area contributed by atoms with Crippen LogP contribution in [-0.2, 0) is 14.3 Å². The zero-order valence-corrected chi connectivity index (χ0v) is 9.63. The van der Waals surface area contributed by atoms with Crippen molar-refractivity contribution in [3.63, 3.8) is 0 Å². The molecular weight excluding hydrogens is 224 g/mol. The Morgan fingerprint density at radius 1 is 1.35 bits per heavy atom. The molecule has 0 aromatic carbocycles. The maximum atomic E-state index is 11.9. The van der Waals surface area contributed by atoms with Gasteiger partial charge in [-0.25, -0.2) is 0 Å². The Bertz CT molecular complexity index is 388. The Morgan fingerprint density at radius 2 is 2.12 bits per heavy atom. The second-order valence-electron chi connectivity index (χ2n) is 4.85. The zero-order chi connectivity index (χ0) is 12.2. The summed E-state index contributed by atoms with van der Waals surface area (Å²) in [5.41, 5.74) is 0.842. The van der Waals surface area contributed by atoms with Gasteiger partial charge >= 0.3 is 0 Å². The number of aliphatic hydroxyl groups excluding tert-OH is 2. The first-order valence-electron chi connectivity index (χ1n) is 6.05. The smallest absolute Gasteiger partial charge is 0.192 e. The number of rotatable bonds is 2. The van der Waals surface area contributed by atoms with Gasteiger partial charge in [0.1, 0.15) is 24.4 Å². The highest BCUT2D eigenvalue weighted by Crippen LogP contribution is 2.41. The van der Waals surface area contributed by atoms with Crippen molar-refractivity contribution in [3.8, 4) is 0 Å². The highest BCUT2D eigenvalue weighted by Gasteiger charge is 2.58. The van der Waals surface area contributed by atoms with Crippen molar-refractivity contribution in [2.24, 2.45) is 0 Å². The Morgan fingerprint density at radius 3 is 2.82 bits per heavy atom. The van der Waals surface area contributed by atoms with Crippen LogP contribution in [0.1, 0.15) is 19.8 Å². The molecule has 0 spiro atoms. The predicted molar refractivity (Wildman–Crippen MR) is 57.4 cm³/mol. The summed E-state index contributed by atoms with van der Waals surface area (Å²) < 4.78 is 10.6. The number of ether oxygens (including phenoxy) is 2. The molecule has 1 saturated heterocycles. The van der Waals surface area contributed by atoms with Gasteiger partial charge in [-0.3, -0.25) is 4.79 Å². The molecule has 2 N–H and O–H groups in total. The highest BCUT2D eigenvalue weighted by molar-refractivity contribution is 6.03. The van der Waals surface area contributed by atoms with Crippen molar-refractivity contribution in [2.45, 2.75) is 50.3 Å². The zero-order valence-electron chi connectivity index (χ0n) is 9.63. The predicted octanol–water partition coefficient (Wildman–Crippen LogP) is -0.446. The van der Waals surface area contributed by atoms with E-state index in [9.17, 15) is 15.0 Å². The second kappa shape index (κ2) is 3.88.